The summed E-state index contributed by atoms with van der Waals surface area (Å²) in [6.07, 6.45) is 2.44. The topological polar surface area (TPSA) is 35.2 Å². The van der Waals surface area contributed by atoms with E-state index in [1.807, 2.05) is 18.2 Å². The molecule has 1 saturated carbocycles. The Morgan fingerprint density at radius 3 is 2.54 bits per heavy atom. The normalized spacial score (nSPS) is 26.8. The number of benzene rings is 1. The lowest BCUT2D eigenvalue weighted by atomic mass is 9.90. The average Bonchev–Trinajstić information content (AvgIpc) is 2.12. The summed E-state index contributed by atoms with van der Waals surface area (Å²) in [4.78, 5) is 0. The standard InChI is InChI=1S/C11H15NO/c12-10-6-11(7-10)13-8-9-4-2-1-3-5-9/h1-5,10-11H,6-8,12H2/t10-,11+. The van der Waals surface area contributed by atoms with E-state index >= 15 is 0 Å². The lowest BCUT2D eigenvalue weighted by Gasteiger charge is -2.32. The van der Waals surface area contributed by atoms with E-state index in [-0.39, 0.29) is 0 Å². The zero-order valence-electron chi connectivity index (χ0n) is 7.65. The van der Waals surface area contributed by atoms with E-state index in [9.17, 15) is 0 Å². The number of ether oxygens (including phenoxy) is 1. The Morgan fingerprint density at radius 1 is 1.23 bits per heavy atom. The van der Waals surface area contributed by atoms with E-state index in [0.717, 1.165) is 19.4 Å². The van der Waals surface area contributed by atoms with Gasteiger partial charge in [0.2, 0.25) is 0 Å². The van der Waals surface area contributed by atoms with E-state index in [4.69, 9.17) is 10.5 Å². The van der Waals surface area contributed by atoms with E-state index < -0.39 is 0 Å². The fraction of sp³-hybridized carbons (Fsp3) is 0.455. The lowest BCUT2D eigenvalue weighted by Crippen LogP contribution is -2.41. The molecule has 1 aromatic rings. The first-order chi connectivity index (χ1) is 6.34. The minimum absolute atomic E-state index is 0.376. The van der Waals surface area contributed by atoms with Crippen LogP contribution in [0, 0.1) is 0 Å². The van der Waals surface area contributed by atoms with Crippen LogP contribution in [-0.4, -0.2) is 12.1 Å². The van der Waals surface area contributed by atoms with Crippen molar-refractivity contribution >= 4 is 0 Å². The van der Waals surface area contributed by atoms with E-state index in [0.29, 0.717) is 12.1 Å². The number of hydrogen-bond acceptors (Lipinski definition) is 2. The summed E-state index contributed by atoms with van der Waals surface area (Å²) < 4.78 is 5.65. The first-order valence-electron chi connectivity index (χ1n) is 4.75. The van der Waals surface area contributed by atoms with Gasteiger partial charge in [-0.2, -0.15) is 0 Å². The highest BCUT2D eigenvalue weighted by Gasteiger charge is 2.26. The largest absolute Gasteiger partial charge is 0.373 e. The second-order valence-electron chi connectivity index (χ2n) is 3.65. The van der Waals surface area contributed by atoms with Crippen molar-refractivity contribution in [2.24, 2.45) is 5.73 Å². The monoisotopic (exact) mass is 177 g/mol. The highest BCUT2D eigenvalue weighted by molar-refractivity contribution is 5.13. The van der Waals surface area contributed by atoms with Gasteiger partial charge in [-0.25, -0.2) is 0 Å². The molecule has 1 fully saturated rings. The zero-order chi connectivity index (χ0) is 9.10. The van der Waals surface area contributed by atoms with Crippen LogP contribution in [0.25, 0.3) is 0 Å². The summed E-state index contributed by atoms with van der Waals surface area (Å²) in [5, 5.41) is 0. The Hall–Kier alpha value is -0.860. The van der Waals surface area contributed by atoms with Crippen molar-refractivity contribution in [1.82, 2.24) is 0 Å². The fourth-order valence-electron chi connectivity index (χ4n) is 1.53. The molecule has 1 aromatic carbocycles. The fourth-order valence-corrected chi connectivity index (χ4v) is 1.53. The maximum Gasteiger partial charge on any atom is 0.0720 e. The molecule has 0 amide bonds. The van der Waals surface area contributed by atoms with Gasteiger partial charge < -0.3 is 10.5 Å². The molecule has 2 rings (SSSR count). The van der Waals surface area contributed by atoms with Gasteiger partial charge in [-0.3, -0.25) is 0 Å². The van der Waals surface area contributed by atoms with Crippen LogP contribution in [-0.2, 0) is 11.3 Å². The Morgan fingerprint density at radius 2 is 1.92 bits per heavy atom. The summed E-state index contributed by atoms with van der Waals surface area (Å²) in [5.41, 5.74) is 6.90. The predicted octanol–water partition coefficient (Wildman–Crippen LogP) is 1.69. The van der Waals surface area contributed by atoms with Crippen molar-refractivity contribution in [3.8, 4) is 0 Å². The highest BCUT2D eigenvalue weighted by atomic mass is 16.5. The van der Waals surface area contributed by atoms with Crippen molar-refractivity contribution in [3.63, 3.8) is 0 Å². The Bertz CT molecular complexity index is 254. The maximum absolute atomic E-state index is 5.66. The molecule has 0 aliphatic heterocycles. The molecule has 1 aliphatic rings. The zero-order valence-corrected chi connectivity index (χ0v) is 7.65. The molecule has 0 heterocycles. The van der Waals surface area contributed by atoms with Gasteiger partial charge in [-0.1, -0.05) is 30.3 Å². The first kappa shape index (κ1) is 8.73. The van der Waals surface area contributed by atoms with Gasteiger partial charge in [-0.15, -0.1) is 0 Å². The Balaban J connectivity index is 1.74. The minimum Gasteiger partial charge on any atom is -0.373 e. The third-order valence-electron chi connectivity index (χ3n) is 2.46. The molecule has 70 valence electrons. The predicted molar refractivity (Wildman–Crippen MR) is 52.2 cm³/mol. The van der Waals surface area contributed by atoms with Crippen LogP contribution in [0.1, 0.15) is 18.4 Å². The molecule has 0 radical (unpaired) electrons. The number of rotatable bonds is 3. The molecule has 0 aromatic heterocycles. The van der Waals surface area contributed by atoms with Crippen LogP contribution >= 0.6 is 0 Å². The quantitative estimate of drug-likeness (QED) is 0.762. The van der Waals surface area contributed by atoms with Crippen molar-refractivity contribution in [2.75, 3.05) is 0 Å². The molecule has 2 nitrogen and oxygen atoms in total. The Kier molecular flexibility index (Phi) is 2.62. The van der Waals surface area contributed by atoms with E-state index in [2.05, 4.69) is 12.1 Å². The van der Waals surface area contributed by atoms with E-state index in [1.165, 1.54) is 5.56 Å². The molecule has 2 heteroatoms. The van der Waals surface area contributed by atoms with Crippen LogP contribution in [0.2, 0.25) is 0 Å². The molecule has 2 N–H and O–H groups in total. The first-order valence-corrected chi connectivity index (χ1v) is 4.75. The lowest BCUT2D eigenvalue weighted by molar-refractivity contribution is -0.0188. The molecular formula is C11H15NO. The minimum atomic E-state index is 0.376. The van der Waals surface area contributed by atoms with Crippen LogP contribution in [0.15, 0.2) is 30.3 Å². The molecular weight excluding hydrogens is 162 g/mol. The van der Waals surface area contributed by atoms with Crippen molar-refractivity contribution < 1.29 is 4.74 Å². The molecule has 0 bridgehead atoms. The van der Waals surface area contributed by atoms with Gasteiger partial charge in [0.1, 0.15) is 0 Å². The smallest absolute Gasteiger partial charge is 0.0720 e. The average molecular weight is 177 g/mol. The van der Waals surface area contributed by atoms with Gasteiger partial charge in [0.15, 0.2) is 0 Å². The van der Waals surface area contributed by atoms with Crippen molar-refractivity contribution in [1.29, 1.82) is 0 Å². The number of nitrogens with two attached hydrogens (primary N) is 1. The van der Waals surface area contributed by atoms with Crippen LogP contribution in [0.4, 0.5) is 0 Å². The van der Waals surface area contributed by atoms with Gasteiger partial charge in [0.25, 0.3) is 0 Å². The van der Waals surface area contributed by atoms with Gasteiger partial charge >= 0.3 is 0 Å². The van der Waals surface area contributed by atoms with Gasteiger partial charge in [0, 0.05) is 6.04 Å². The Labute approximate surface area is 78.7 Å². The SMILES string of the molecule is N[C@H]1C[C@@H](OCc2ccccc2)C1. The number of hydrogen-bond donors (Lipinski definition) is 1. The molecule has 0 spiro atoms. The summed E-state index contributed by atoms with van der Waals surface area (Å²) >= 11 is 0. The second-order valence-corrected chi connectivity index (χ2v) is 3.65. The molecule has 0 atom stereocenters. The molecule has 0 unspecified atom stereocenters. The summed E-state index contributed by atoms with van der Waals surface area (Å²) in [5.74, 6) is 0. The molecule has 13 heavy (non-hydrogen) atoms. The van der Waals surface area contributed by atoms with Crippen LogP contribution in [0.3, 0.4) is 0 Å². The van der Waals surface area contributed by atoms with Gasteiger partial charge in [-0.05, 0) is 18.4 Å². The summed E-state index contributed by atoms with van der Waals surface area (Å²) in [6.45, 7) is 0.720. The van der Waals surface area contributed by atoms with Crippen molar-refractivity contribution in [3.05, 3.63) is 35.9 Å². The van der Waals surface area contributed by atoms with E-state index in [1.54, 1.807) is 0 Å². The molecule has 1 aliphatic carbocycles. The van der Waals surface area contributed by atoms with Gasteiger partial charge in [0.05, 0.1) is 12.7 Å². The van der Waals surface area contributed by atoms with Crippen LogP contribution in [0.5, 0.6) is 0 Å². The van der Waals surface area contributed by atoms with Crippen LogP contribution < -0.4 is 5.73 Å². The third kappa shape index (κ3) is 2.29. The summed E-state index contributed by atoms with van der Waals surface area (Å²) in [7, 11) is 0. The van der Waals surface area contributed by atoms with Crippen molar-refractivity contribution in [2.45, 2.75) is 31.6 Å². The highest BCUT2D eigenvalue weighted by Crippen LogP contribution is 2.22. The molecule has 0 saturated heterocycles. The summed E-state index contributed by atoms with van der Waals surface area (Å²) in [6, 6.07) is 10.6. The third-order valence-corrected chi connectivity index (χ3v) is 2.46. The second kappa shape index (κ2) is 3.90. The maximum atomic E-state index is 5.66.